The molecule has 0 fully saturated rings. The van der Waals surface area contributed by atoms with Crippen LogP contribution in [0.2, 0.25) is 0 Å². The van der Waals surface area contributed by atoms with Crippen molar-refractivity contribution >= 4 is 11.6 Å². The topological polar surface area (TPSA) is 27.7 Å². The minimum Gasteiger partial charge on any atom is -0.497 e. The summed E-state index contributed by atoms with van der Waals surface area (Å²) in [4.78, 5) is 0. The molecule has 0 amide bonds. The smallest absolute Gasteiger partial charge is 0.118 e. The van der Waals surface area contributed by atoms with E-state index in [-0.39, 0.29) is 0 Å². The van der Waals surface area contributed by atoms with Gasteiger partial charge >= 0.3 is 0 Å². The van der Waals surface area contributed by atoms with E-state index in [2.05, 4.69) is 12.1 Å². The molecule has 0 aromatic heterocycles. The zero-order valence-electron chi connectivity index (χ0n) is 12.4. The first-order valence-corrected chi connectivity index (χ1v) is 7.59. The van der Waals surface area contributed by atoms with Gasteiger partial charge in [-0.3, -0.25) is 0 Å². The maximum absolute atomic E-state index is 6.04. The first-order chi connectivity index (χ1) is 9.80. The summed E-state index contributed by atoms with van der Waals surface area (Å²) >= 11 is 6.04. The van der Waals surface area contributed by atoms with Gasteiger partial charge in [0.1, 0.15) is 5.75 Å². The Balaban J connectivity index is 2.24. The fourth-order valence-electron chi connectivity index (χ4n) is 1.99. The second-order valence-electron chi connectivity index (χ2n) is 4.82. The SMILES string of the molecule is COCCCOCCC(CCl)Cc1ccc(OC)cc1. The van der Waals surface area contributed by atoms with Crippen molar-refractivity contribution in [2.24, 2.45) is 5.92 Å². The second-order valence-corrected chi connectivity index (χ2v) is 5.13. The lowest BCUT2D eigenvalue weighted by molar-refractivity contribution is 0.0951. The lowest BCUT2D eigenvalue weighted by Crippen LogP contribution is -2.11. The van der Waals surface area contributed by atoms with Gasteiger partial charge in [0.05, 0.1) is 7.11 Å². The molecule has 0 radical (unpaired) electrons. The van der Waals surface area contributed by atoms with E-state index in [0.29, 0.717) is 11.8 Å². The molecule has 1 unspecified atom stereocenters. The average Bonchev–Trinajstić information content (AvgIpc) is 2.50. The van der Waals surface area contributed by atoms with Gasteiger partial charge in [-0.25, -0.2) is 0 Å². The number of hydrogen-bond donors (Lipinski definition) is 0. The molecule has 1 atom stereocenters. The first kappa shape index (κ1) is 17.3. The Morgan fingerprint density at radius 3 is 2.40 bits per heavy atom. The molecular weight excluding hydrogens is 276 g/mol. The molecule has 0 saturated carbocycles. The van der Waals surface area contributed by atoms with Crippen LogP contribution in [0.1, 0.15) is 18.4 Å². The van der Waals surface area contributed by atoms with Crippen LogP contribution in [0.15, 0.2) is 24.3 Å². The molecule has 114 valence electrons. The third kappa shape index (κ3) is 7.13. The molecule has 3 nitrogen and oxygen atoms in total. The Kier molecular flexibility index (Phi) is 9.46. The molecule has 0 spiro atoms. The molecule has 0 N–H and O–H groups in total. The Morgan fingerprint density at radius 1 is 1.05 bits per heavy atom. The Labute approximate surface area is 127 Å². The van der Waals surface area contributed by atoms with Crippen molar-refractivity contribution < 1.29 is 14.2 Å². The molecule has 1 aromatic carbocycles. The van der Waals surface area contributed by atoms with E-state index in [0.717, 1.165) is 44.8 Å². The highest BCUT2D eigenvalue weighted by Crippen LogP contribution is 2.17. The van der Waals surface area contributed by atoms with E-state index in [1.165, 1.54) is 5.56 Å². The predicted octanol–water partition coefficient (Wildman–Crippen LogP) is 3.54. The van der Waals surface area contributed by atoms with Crippen molar-refractivity contribution in [3.63, 3.8) is 0 Å². The van der Waals surface area contributed by atoms with Gasteiger partial charge in [-0.05, 0) is 42.9 Å². The van der Waals surface area contributed by atoms with Crippen molar-refractivity contribution in [3.05, 3.63) is 29.8 Å². The van der Waals surface area contributed by atoms with Gasteiger partial charge in [0.15, 0.2) is 0 Å². The van der Waals surface area contributed by atoms with Gasteiger partial charge in [0.25, 0.3) is 0 Å². The average molecular weight is 301 g/mol. The number of benzene rings is 1. The number of halogens is 1. The van der Waals surface area contributed by atoms with E-state index >= 15 is 0 Å². The van der Waals surface area contributed by atoms with Crippen LogP contribution in [0.5, 0.6) is 5.75 Å². The highest BCUT2D eigenvalue weighted by molar-refractivity contribution is 6.18. The monoisotopic (exact) mass is 300 g/mol. The van der Waals surface area contributed by atoms with Crippen molar-refractivity contribution in [2.45, 2.75) is 19.3 Å². The number of rotatable bonds is 11. The third-order valence-corrected chi connectivity index (χ3v) is 3.65. The van der Waals surface area contributed by atoms with Gasteiger partial charge in [0, 0.05) is 32.8 Å². The maximum Gasteiger partial charge on any atom is 0.118 e. The van der Waals surface area contributed by atoms with Crippen molar-refractivity contribution in [1.29, 1.82) is 0 Å². The molecule has 0 aliphatic carbocycles. The van der Waals surface area contributed by atoms with Gasteiger partial charge in [-0.1, -0.05) is 12.1 Å². The standard InChI is InChI=1S/C16H25ClO3/c1-18-9-3-10-20-11-8-15(13-17)12-14-4-6-16(19-2)7-5-14/h4-7,15H,3,8-13H2,1-2H3. The molecule has 0 aliphatic rings. The summed E-state index contributed by atoms with van der Waals surface area (Å²) in [6.45, 7) is 2.27. The van der Waals surface area contributed by atoms with E-state index in [1.54, 1.807) is 14.2 Å². The fraction of sp³-hybridized carbons (Fsp3) is 0.625. The van der Waals surface area contributed by atoms with E-state index in [1.807, 2.05) is 12.1 Å². The van der Waals surface area contributed by atoms with Crippen LogP contribution in [0, 0.1) is 5.92 Å². The van der Waals surface area contributed by atoms with E-state index < -0.39 is 0 Å². The van der Waals surface area contributed by atoms with Crippen molar-refractivity contribution in [1.82, 2.24) is 0 Å². The van der Waals surface area contributed by atoms with Gasteiger partial charge in [0.2, 0.25) is 0 Å². The quantitative estimate of drug-likeness (QED) is 0.462. The predicted molar refractivity (Wildman–Crippen MR) is 82.8 cm³/mol. The van der Waals surface area contributed by atoms with Crippen LogP contribution < -0.4 is 4.74 Å². The van der Waals surface area contributed by atoms with Gasteiger partial charge in [-0.15, -0.1) is 11.6 Å². The van der Waals surface area contributed by atoms with Gasteiger partial charge < -0.3 is 14.2 Å². The van der Waals surface area contributed by atoms with Crippen LogP contribution in [-0.4, -0.2) is 39.9 Å². The molecule has 0 saturated heterocycles. The lowest BCUT2D eigenvalue weighted by Gasteiger charge is -2.14. The zero-order valence-corrected chi connectivity index (χ0v) is 13.2. The summed E-state index contributed by atoms with van der Waals surface area (Å²) in [5.41, 5.74) is 1.29. The molecule has 4 heteroatoms. The molecule has 0 aliphatic heterocycles. The fourth-order valence-corrected chi connectivity index (χ4v) is 2.25. The summed E-state index contributed by atoms with van der Waals surface area (Å²) in [5.74, 6) is 2.00. The summed E-state index contributed by atoms with van der Waals surface area (Å²) in [6, 6.07) is 8.17. The number of hydrogen-bond acceptors (Lipinski definition) is 3. The van der Waals surface area contributed by atoms with Crippen LogP contribution in [0.25, 0.3) is 0 Å². The van der Waals surface area contributed by atoms with Gasteiger partial charge in [-0.2, -0.15) is 0 Å². The molecule has 0 heterocycles. The van der Waals surface area contributed by atoms with Crippen LogP contribution >= 0.6 is 11.6 Å². The minimum absolute atomic E-state index is 0.451. The van der Waals surface area contributed by atoms with E-state index in [9.17, 15) is 0 Å². The molecule has 1 rings (SSSR count). The summed E-state index contributed by atoms with van der Waals surface area (Å²) in [6.07, 6.45) is 2.91. The summed E-state index contributed by atoms with van der Waals surface area (Å²) in [7, 11) is 3.38. The summed E-state index contributed by atoms with van der Waals surface area (Å²) in [5, 5.41) is 0. The minimum atomic E-state index is 0.451. The van der Waals surface area contributed by atoms with Crippen LogP contribution in [0.4, 0.5) is 0 Å². The lowest BCUT2D eigenvalue weighted by atomic mass is 9.98. The number of ether oxygens (including phenoxy) is 3. The van der Waals surface area contributed by atoms with Crippen molar-refractivity contribution in [3.8, 4) is 5.75 Å². The van der Waals surface area contributed by atoms with E-state index in [4.69, 9.17) is 25.8 Å². The Bertz CT molecular complexity index is 340. The molecular formula is C16H25ClO3. The zero-order chi connectivity index (χ0) is 14.6. The van der Waals surface area contributed by atoms with Crippen LogP contribution in [-0.2, 0) is 15.9 Å². The molecule has 1 aromatic rings. The number of methoxy groups -OCH3 is 2. The van der Waals surface area contributed by atoms with Crippen LogP contribution in [0.3, 0.4) is 0 Å². The second kappa shape index (κ2) is 11.0. The first-order valence-electron chi connectivity index (χ1n) is 7.05. The normalized spacial score (nSPS) is 12.3. The number of alkyl halides is 1. The largest absolute Gasteiger partial charge is 0.497 e. The summed E-state index contributed by atoms with van der Waals surface area (Å²) < 4.78 is 15.7. The highest BCUT2D eigenvalue weighted by atomic mass is 35.5. The Morgan fingerprint density at radius 2 is 1.80 bits per heavy atom. The van der Waals surface area contributed by atoms with Crippen molar-refractivity contribution in [2.75, 3.05) is 39.9 Å². The third-order valence-electron chi connectivity index (χ3n) is 3.21. The maximum atomic E-state index is 6.04. The Hall–Kier alpha value is -0.770. The molecule has 20 heavy (non-hydrogen) atoms. The highest BCUT2D eigenvalue weighted by Gasteiger charge is 2.09. The molecule has 0 bridgehead atoms.